The highest BCUT2D eigenvalue weighted by Crippen LogP contribution is 2.18. The number of ether oxygens (including phenoxy) is 1. The molecule has 0 saturated heterocycles. The van der Waals surface area contributed by atoms with E-state index in [1.54, 1.807) is 24.3 Å². The molecule has 0 saturated carbocycles. The highest BCUT2D eigenvalue weighted by Gasteiger charge is 2.12. The van der Waals surface area contributed by atoms with Crippen LogP contribution in [0.5, 0.6) is 5.75 Å². The standard InChI is InChI=1S/C26H26ClN3O2/c1-2-19-10-12-22(13-11-19)32-17-16-30-24-9-4-3-8-23(24)29-25(30)14-15-28-26(31)20-6-5-7-21(27)18-20/h3-13,18H,2,14-17H2,1H3,(H,28,31). The van der Waals surface area contributed by atoms with Gasteiger partial charge in [-0.05, 0) is 54.4 Å². The van der Waals surface area contributed by atoms with Gasteiger partial charge in [-0.25, -0.2) is 4.98 Å². The molecule has 1 heterocycles. The van der Waals surface area contributed by atoms with Gasteiger partial charge in [0, 0.05) is 23.6 Å². The van der Waals surface area contributed by atoms with Crippen LogP contribution in [0, 0.1) is 0 Å². The van der Waals surface area contributed by atoms with Gasteiger partial charge in [0.1, 0.15) is 18.2 Å². The van der Waals surface area contributed by atoms with Gasteiger partial charge in [0.05, 0.1) is 17.6 Å². The Labute approximate surface area is 193 Å². The third kappa shape index (κ3) is 5.29. The molecule has 3 aromatic carbocycles. The topological polar surface area (TPSA) is 56.1 Å². The predicted molar refractivity (Wildman–Crippen MR) is 129 cm³/mol. The van der Waals surface area contributed by atoms with E-state index in [0.29, 0.717) is 36.7 Å². The van der Waals surface area contributed by atoms with Crippen LogP contribution in [-0.4, -0.2) is 28.6 Å². The molecule has 1 N–H and O–H groups in total. The molecular weight excluding hydrogens is 422 g/mol. The number of imidazole rings is 1. The van der Waals surface area contributed by atoms with Gasteiger partial charge in [0.25, 0.3) is 5.91 Å². The molecule has 4 aromatic rings. The lowest BCUT2D eigenvalue weighted by Crippen LogP contribution is -2.26. The number of halogens is 1. The van der Waals surface area contributed by atoms with Gasteiger partial charge in [-0.15, -0.1) is 0 Å². The fourth-order valence-electron chi connectivity index (χ4n) is 3.66. The molecule has 6 heteroatoms. The van der Waals surface area contributed by atoms with Crippen LogP contribution >= 0.6 is 11.6 Å². The van der Waals surface area contributed by atoms with E-state index in [-0.39, 0.29) is 5.91 Å². The Hall–Kier alpha value is -3.31. The van der Waals surface area contributed by atoms with Crippen molar-refractivity contribution in [3.63, 3.8) is 0 Å². The molecule has 164 valence electrons. The number of carbonyl (C=O) groups excluding carboxylic acids is 1. The van der Waals surface area contributed by atoms with Gasteiger partial charge in [-0.3, -0.25) is 4.79 Å². The van der Waals surface area contributed by atoms with Crippen molar-refractivity contribution in [2.24, 2.45) is 0 Å². The Balaban J connectivity index is 1.41. The van der Waals surface area contributed by atoms with E-state index in [1.165, 1.54) is 5.56 Å². The van der Waals surface area contributed by atoms with Gasteiger partial charge < -0.3 is 14.6 Å². The molecule has 0 atom stereocenters. The zero-order valence-corrected chi connectivity index (χ0v) is 18.8. The van der Waals surface area contributed by atoms with Crippen molar-refractivity contribution >= 4 is 28.5 Å². The normalized spacial score (nSPS) is 10.9. The molecular formula is C26H26ClN3O2. The second kappa shape index (κ2) is 10.3. The summed E-state index contributed by atoms with van der Waals surface area (Å²) in [5.74, 6) is 1.64. The molecule has 0 spiro atoms. The van der Waals surface area contributed by atoms with Crippen LogP contribution in [0.25, 0.3) is 11.0 Å². The minimum atomic E-state index is -0.144. The summed E-state index contributed by atoms with van der Waals surface area (Å²) < 4.78 is 8.13. The zero-order valence-electron chi connectivity index (χ0n) is 18.1. The van der Waals surface area contributed by atoms with Crippen molar-refractivity contribution in [3.8, 4) is 5.75 Å². The summed E-state index contributed by atoms with van der Waals surface area (Å²) in [7, 11) is 0. The number of para-hydroxylation sites is 2. The molecule has 0 fully saturated rings. The molecule has 0 aliphatic carbocycles. The highest BCUT2D eigenvalue weighted by molar-refractivity contribution is 6.30. The van der Waals surface area contributed by atoms with Gasteiger partial charge in [-0.2, -0.15) is 0 Å². The second-order valence-electron chi connectivity index (χ2n) is 7.53. The number of aryl methyl sites for hydroxylation is 1. The summed E-state index contributed by atoms with van der Waals surface area (Å²) >= 11 is 5.99. The van der Waals surface area contributed by atoms with Crippen molar-refractivity contribution in [1.29, 1.82) is 0 Å². The van der Waals surface area contributed by atoms with E-state index in [1.807, 2.05) is 30.3 Å². The van der Waals surface area contributed by atoms with Gasteiger partial charge in [0.2, 0.25) is 0 Å². The Morgan fingerprint density at radius 3 is 2.66 bits per heavy atom. The lowest BCUT2D eigenvalue weighted by atomic mass is 10.2. The first-order valence-corrected chi connectivity index (χ1v) is 11.2. The third-order valence-electron chi connectivity index (χ3n) is 5.37. The van der Waals surface area contributed by atoms with Crippen molar-refractivity contribution < 1.29 is 9.53 Å². The molecule has 32 heavy (non-hydrogen) atoms. The number of carbonyl (C=O) groups is 1. The molecule has 0 aliphatic rings. The van der Waals surface area contributed by atoms with Crippen molar-refractivity contribution in [2.75, 3.05) is 13.2 Å². The zero-order chi connectivity index (χ0) is 22.3. The van der Waals surface area contributed by atoms with E-state index < -0.39 is 0 Å². The van der Waals surface area contributed by atoms with Gasteiger partial charge in [0.15, 0.2) is 0 Å². The highest BCUT2D eigenvalue weighted by atomic mass is 35.5. The Morgan fingerprint density at radius 2 is 1.88 bits per heavy atom. The van der Waals surface area contributed by atoms with E-state index in [2.05, 4.69) is 35.0 Å². The average molecular weight is 448 g/mol. The summed E-state index contributed by atoms with van der Waals surface area (Å²) in [6.07, 6.45) is 1.63. The van der Waals surface area contributed by atoms with Crippen LogP contribution in [0.1, 0.15) is 28.7 Å². The summed E-state index contributed by atoms with van der Waals surface area (Å²) in [5.41, 5.74) is 3.85. The summed E-state index contributed by atoms with van der Waals surface area (Å²) in [5, 5.41) is 3.50. The quantitative estimate of drug-likeness (QED) is 0.378. The lowest BCUT2D eigenvalue weighted by Gasteiger charge is -2.12. The summed E-state index contributed by atoms with van der Waals surface area (Å²) in [4.78, 5) is 17.2. The van der Waals surface area contributed by atoms with E-state index in [0.717, 1.165) is 29.0 Å². The van der Waals surface area contributed by atoms with Crippen molar-refractivity contribution in [1.82, 2.24) is 14.9 Å². The fraction of sp³-hybridized carbons (Fsp3) is 0.231. The molecule has 0 bridgehead atoms. The Bertz CT molecular complexity index is 1200. The number of hydrogen-bond acceptors (Lipinski definition) is 3. The fourth-order valence-corrected chi connectivity index (χ4v) is 3.85. The molecule has 0 aliphatic heterocycles. The van der Waals surface area contributed by atoms with Crippen LogP contribution in [0.3, 0.4) is 0 Å². The van der Waals surface area contributed by atoms with Crippen molar-refractivity contribution in [2.45, 2.75) is 26.3 Å². The molecule has 5 nitrogen and oxygen atoms in total. The smallest absolute Gasteiger partial charge is 0.251 e. The van der Waals surface area contributed by atoms with E-state index in [4.69, 9.17) is 21.3 Å². The monoisotopic (exact) mass is 447 g/mol. The first-order chi connectivity index (χ1) is 15.6. The largest absolute Gasteiger partial charge is 0.492 e. The number of nitrogens with zero attached hydrogens (tertiary/aromatic N) is 2. The minimum absolute atomic E-state index is 0.144. The van der Waals surface area contributed by atoms with Crippen LogP contribution < -0.4 is 10.1 Å². The van der Waals surface area contributed by atoms with Gasteiger partial charge >= 0.3 is 0 Å². The first kappa shape index (κ1) is 21.9. The van der Waals surface area contributed by atoms with Crippen LogP contribution in [0.4, 0.5) is 0 Å². The maximum absolute atomic E-state index is 12.4. The number of aromatic nitrogens is 2. The maximum atomic E-state index is 12.4. The molecule has 0 radical (unpaired) electrons. The Kier molecular flexibility index (Phi) is 7.07. The number of rotatable bonds is 9. The number of hydrogen-bond donors (Lipinski definition) is 1. The second-order valence-corrected chi connectivity index (χ2v) is 7.97. The lowest BCUT2D eigenvalue weighted by molar-refractivity contribution is 0.0954. The molecule has 1 amide bonds. The van der Waals surface area contributed by atoms with Crippen LogP contribution in [0.15, 0.2) is 72.8 Å². The first-order valence-electron chi connectivity index (χ1n) is 10.8. The third-order valence-corrected chi connectivity index (χ3v) is 5.60. The maximum Gasteiger partial charge on any atom is 0.251 e. The summed E-state index contributed by atoms with van der Waals surface area (Å²) in [6, 6.07) is 23.2. The van der Waals surface area contributed by atoms with Gasteiger partial charge in [-0.1, -0.05) is 48.9 Å². The summed E-state index contributed by atoms with van der Waals surface area (Å²) in [6.45, 7) is 3.83. The SMILES string of the molecule is CCc1ccc(OCCn2c(CCNC(=O)c3cccc(Cl)c3)nc3ccccc32)cc1. The number of benzene rings is 3. The number of amides is 1. The van der Waals surface area contributed by atoms with Crippen LogP contribution in [0.2, 0.25) is 5.02 Å². The Morgan fingerprint density at radius 1 is 1.06 bits per heavy atom. The van der Waals surface area contributed by atoms with E-state index >= 15 is 0 Å². The number of fused-ring (bicyclic) bond motifs is 1. The number of nitrogens with one attached hydrogen (secondary N) is 1. The average Bonchev–Trinajstić information content (AvgIpc) is 3.17. The molecule has 4 rings (SSSR count). The predicted octanol–water partition coefficient (Wildman–Crippen LogP) is 5.30. The minimum Gasteiger partial charge on any atom is -0.492 e. The van der Waals surface area contributed by atoms with Crippen molar-refractivity contribution in [3.05, 3.63) is 94.8 Å². The molecule has 1 aromatic heterocycles. The van der Waals surface area contributed by atoms with E-state index in [9.17, 15) is 4.79 Å². The molecule has 0 unspecified atom stereocenters. The van der Waals surface area contributed by atoms with Crippen LogP contribution in [-0.2, 0) is 19.4 Å².